The molecule has 118 valence electrons. The number of halogens is 1. The van der Waals surface area contributed by atoms with Gasteiger partial charge in [0.25, 0.3) is 5.91 Å². The number of methoxy groups -OCH3 is 1. The number of hydrogen-bond acceptors (Lipinski definition) is 4. The first-order valence-corrected chi connectivity index (χ1v) is 7.31. The smallest absolute Gasteiger partial charge is 0.339 e. The van der Waals surface area contributed by atoms with Crippen molar-refractivity contribution in [2.75, 3.05) is 7.11 Å². The molecule has 0 spiro atoms. The number of carboxylic acids is 1. The molecule has 0 radical (unpaired) electrons. The normalized spacial score (nSPS) is 10.5. The quantitative estimate of drug-likeness (QED) is 0.620. The van der Waals surface area contributed by atoms with Crippen molar-refractivity contribution in [2.45, 2.75) is 0 Å². The van der Waals surface area contributed by atoms with Gasteiger partial charge in [-0.2, -0.15) is 5.10 Å². The van der Waals surface area contributed by atoms with Gasteiger partial charge in [0.15, 0.2) is 0 Å². The molecule has 23 heavy (non-hydrogen) atoms. The molecule has 2 N–H and O–H groups in total. The molecule has 0 aliphatic heterocycles. The van der Waals surface area contributed by atoms with Gasteiger partial charge < -0.3 is 9.84 Å². The Morgan fingerprint density at radius 1 is 1.22 bits per heavy atom. The minimum atomic E-state index is -1.10. The van der Waals surface area contributed by atoms with Crippen LogP contribution in [0, 0.1) is 0 Å². The molecule has 0 aromatic heterocycles. The van der Waals surface area contributed by atoms with E-state index in [1.807, 2.05) is 0 Å². The first-order chi connectivity index (χ1) is 11.0. The van der Waals surface area contributed by atoms with E-state index in [2.05, 4.69) is 26.5 Å². The average molecular weight is 377 g/mol. The number of carbonyl (C=O) groups excluding carboxylic acids is 1. The number of hydrazone groups is 1. The van der Waals surface area contributed by atoms with Crippen LogP contribution in [-0.2, 0) is 0 Å². The summed E-state index contributed by atoms with van der Waals surface area (Å²) in [6, 6.07) is 11.5. The number of carbonyl (C=O) groups is 2. The Bertz CT molecular complexity index is 774. The molecule has 0 unspecified atom stereocenters. The SMILES string of the molecule is COc1ccc(/C=N/NC(=O)c2ccccc2Br)cc1C(=O)O. The molecule has 0 saturated heterocycles. The first-order valence-electron chi connectivity index (χ1n) is 6.52. The lowest BCUT2D eigenvalue weighted by molar-refractivity contribution is 0.0693. The number of aromatic carboxylic acids is 1. The fourth-order valence-corrected chi connectivity index (χ4v) is 2.31. The van der Waals surface area contributed by atoms with Gasteiger partial charge >= 0.3 is 5.97 Å². The third-order valence-corrected chi connectivity index (χ3v) is 3.64. The largest absolute Gasteiger partial charge is 0.496 e. The zero-order valence-corrected chi connectivity index (χ0v) is 13.7. The summed E-state index contributed by atoms with van der Waals surface area (Å²) in [5.41, 5.74) is 3.38. The second-order valence-corrected chi connectivity index (χ2v) is 5.30. The van der Waals surface area contributed by atoms with E-state index in [1.54, 1.807) is 30.3 Å². The second kappa shape index (κ2) is 7.55. The van der Waals surface area contributed by atoms with E-state index in [4.69, 9.17) is 9.84 Å². The van der Waals surface area contributed by atoms with Gasteiger partial charge in [0.1, 0.15) is 11.3 Å². The average Bonchev–Trinajstić information content (AvgIpc) is 2.55. The third kappa shape index (κ3) is 4.17. The summed E-state index contributed by atoms with van der Waals surface area (Å²) in [5, 5.41) is 13.0. The van der Waals surface area contributed by atoms with Gasteiger partial charge in [0.2, 0.25) is 0 Å². The fourth-order valence-electron chi connectivity index (χ4n) is 1.84. The summed E-state index contributed by atoms with van der Waals surface area (Å²) in [7, 11) is 1.40. The molecule has 7 heteroatoms. The molecule has 0 saturated carbocycles. The molecule has 2 aromatic carbocycles. The van der Waals surface area contributed by atoms with E-state index < -0.39 is 5.97 Å². The highest BCUT2D eigenvalue weighted by atomic mass is 79.9. The van der Waals surface area contributed by atoms with E-state index in [-0.39, 0.29) is 17.2 Å². The summed E-state index contributed by atoms with van der Waals surface area (Å²) in [6.45, 7) is 0. The van der Waals surface area contributed by atoms with E-state index >= 15 is 0 Å². The maximum atomic E-state index is 12.0. The van der Waals surface area contributed by atoms with E-state index in [1.165, 1.54) is 25.5 Å². The second-order valence-electron chi connectivity index (χ2n) is 4.44. The highest BCUT2D eigenvalue weighted by molar-refractivity contribution is 9.10. The minimum Gasteiger partial charge on any atom is -0.496 e. The molecule has 0 fully saturated rings. The zero-order chi connectivity index (χ0) is 16.8. The Kier molecular flexibility index (Phi) is 5.48. The van der Waals surface area contributed by atoms with Crippen LogP contribution in [0.5, 0.6) is 5.75 Å². The maximum Gasteiger partial charge on any atom is 0.339 e. The lowest BCUT2D eigenvalue weighted by Crippen LogP contribution is -2.18. The minimum absolute atomic E-state index is 0.0218. The number of amides is 1. The van der Waals surface area contributed by atoms with Gasteiger partial charge in [-0.25, -0.2) is 10.2 Å². The van der Waals surface area contributed by atoms with Crippen molar-refractivity contribution < 1.29 is 19.4 Å². The van der Waals surface area contributed by atoms with E-state index in [9.17, 15) is 9.59 Å². The summed E-state index contributed by atoms with van der Waals surface area (Å²) >= 11 is 3.28. The number of carboxylic acid groups (broad SMARTS) is 1. The highest BCUT2D eigenvalue weighted by Gasteiger charge is 2.11. The van der Waals surface area contributed by atoms with Crippen molar-refractivity contribution in [3.05, 3.63) is 63.6 Å². The Balaban J connectivity index is 2.12. The Morgan fingerprint density at radius 2 is 1.96 bits per heavy atom. The van der Waals surface area contributed by atoms with Crippen LogP contribution in [0.25, 0.3) is 0 Å². The van der Waals surface area contributed by atoms with Crippen LogP contribution in [0.15, 0.2) is 52.0 Å². The van der Waals surface area contributed by atoms with Gasteiger partial charge in [0.05, 0.1) is 18.9 Å². The summed E-state index contributed by atoms with van der Waals surface area (Å²) in [5.74, 6) is -1.22. The summed E-state index contributed by atoms with van der Waals surface area (Å²) in [6.07, 6.45) is 1.36. The molecular weight excluding hydrogens is 364 g/mol. The molecule has 2 rings (SSSR count). The van der Waals surface area contributed by atoms with Crippen LogP contribution in [0.2, 0.25) is 0 Å². The van der Waals surface area contributed by atoms with Crippen LogP contribution in [0.3, 0.4) is 0 Å². The van der Waals surface area contributed by atoms with Gasteiger partial charge in [-0.1, -0.05) is 12.1 Å². The van der Waals surface area contributed by atoms with Crippen LogP contribution < -0.4 is 10.2 Å². The molecule has 6 nitrogen and oxygen atoms in total. The Hall–Kier alpha value is -2.67. The number of ether oxygens (including phenoxy) is 1. The number of nitrogens with zero attached hydrogens (tertiary/aromatic N) is 1. The van der Waals surface area contributed by atoms with E-state index in [0.29, 0.717) is 15.6 Å². The van der Waals surface area contributed by atoms with Crippen LogP contribution in [0.1, 0.15) is 26.3 Å². The number of rotatable bonds is 5. The Morgan fingerprint density at radius 3 is 2.61 bits per heavy atom. The zero-order valence-electron chi connectivity index (χ0n) is 12.1. The predicted molar refractivity (Wildman–Crippen MR) is 89.2 cm³/mol. The van der Waals surface area contributed by atoms with Gasteiger partial charge in [0, 0.05) is 4.47 Å². The standard InChI is InChI=1S/C16H13BrN2O4/c1-23-14-7-6-10(8-12(14)16(21)22)9-18-19-15(20)11-4-2-3-5-13(11)17/h2-9H,1H3,(H,19,20)(H,21,22)/b18-9+. The van der Waals surface area contributed by atoms with Crippen molar-refractivity contribution in [1.29, 1.82) is 0 Å². The van der Waals surface area contributed by atoms with Crippen molar-refractivity contribution in [1.82, 2.24) is 5.43 Å². The van der Waals surface area contributed by atoms with Gasteiger partial charge in [-0.3, -0.25) is 4.79 Å². The lowest BCUT2D eigenvalue weighted by Gasteiger charge is -2.05. The summed E-state index contributed by atoms with van der Waals surface area (Å²) in [4.78, 5) is 23.1. The summed E-state index contributed by atoms with van der Waals surface area (Å²) < 4.78 is 5.63. The molecule has 0 heterocycles. The molecule has 0 atom stereocenters. The van der Waals surface area contributed by atoms with Crippen molar-refractivity contribution >= 4 is 34.0 Å². The van der Waals surface area contributed by atoms with Gasteiger partial charge in [-0.15, -0.1) is 0 Å². The number of hydrogen-bond donors (Lipinski definition) is 2. The maximum absolute atomic E-state index is 12.0. The fraction of sp³-hybridized carbons (Fsp3) is 0.0625. The molecule has 1 amide bonds. The van der Waals surface area contributed by atoms with Crippen molar-refractivity contribution in [2.24, 2.45) is 5.10 Å². The molecule has 0 aliphatic rings. The predicted octanol–water partition coefficient (Wildman–Crippen LogP) is 2.92. The molecular formula is C16H13BrN2O4. The van der Waals surface area contributed by atoms with Crippen LogP contribution >= 0.6 is 15.9 Å². The van der Waals surface area contributed by atoms with Gasteiger partial charge in [-0.05, 0) is 51.8 Å². The monoisotopic (exact) mass is 376 g/mol. The topological polar surface area (TPSA) is 88.0 Å². The van der Waals surface area contributed by atoms with Crippen LogP contribution in [-0.4, -0.2) is 30.3 Å². The van der Waals surface area contributed by atoms with Crippen molar-refractivity contribution in [3.8, 4) is 5.75 Å². The first kappa shape index (κ1) is 16.7. The van der Waals surface area contributed by atoms with Crippen LogP contribution in [0.4, 0.5) is 0 Å². The van der Waals surface area contributed by atoms with Crippen molar-refractivity contribution in [3.63, 3.8) is 0 Å². The molecule has 2 aromatic rings. The Labute approximate surface area is 140 Å². The molecule has 0 bridgehead atoms. The third-order valence-electron chi connectivity index (χ3n) is 2.95. The molecule has 0 aliphatic carbocycles. The highest BCUT2D eigenvalue weighted by Crippen LogP contribution is 2.19. The number of nitrogens with one attached hydrogen (secondary N) is 1. The van der Waals surface area contributed by atoms with E-state index in [0.717, 1.165) is 0 Å². The number of benzene rings is 2. The lowest BCUT2D eigenvalue weighted by atomic mass is 10.1.